The van der Waals surface area contributed by atoms with Crippen molar-refractivity contribution < 1.29 is 4.79 Å². The highest BCUT2D eigenvalue weighted by atomic mass is 16.1. The number of hydrogen-bond acceptors (Lipinski definition) is 2. The summed E-state index contributed by atoms with van der Waals surface area (Å²) < 4.78 is 1.91. The van der Waals surface area contributed by atoms with E-state index in [1.807, 2.05) is 42.8 Å². The van der Waals surface area contributed by atoms with Crippen molar-refractivity contribution in [3.63, 3.8) is 0 Å². The molecular weight excluding hydrogens is 250 g/mol. The van der Waals surface area contributed by atoms with Crippen LogP contribution in [0.4, 0.5) is 5.69 Å². The summed E-state index contributed by atoms with van der Waals surface area (Å²) in [5, 5.41) is 6.40. The molecule has 0 unspecified atom stereocenters. The monoisotopic (exact) mass is 269 g/mol. The van der Waals surface area contributed by atoms with Gasteiger partial charge in [0.2, 0.25) is 0 Å². The molecule has 1 amide bonds. The van der Waals surface area contributed by atoms with E-state index < -0.39 is 0 Å². The predicted molar refractivity (Wildman–Crippen MR) is 80.0 cm³/mol. The number of aryl methyl sites for hydroxylation is 1. The number of carbonyl (C=O) groups excluding carboxylic acids is 1. The zero-order valence-electron chi connectivity index (χ0n) is 11.9. The van der Waals surface area contributed by atoms with Crippen molar-refractivity contribution in [2.45, 2.75) is 19.9 Å². The Balaban J connectivity index is 1.88. The third-order valence-corrected chi connectivity index (χ3v) is 3.99. The van der Waals surface area contributed by atoms with Gasteiger partial charge >= 0.3 is 0 Å². The molecule has 2 N–H and O–H groups in total. The highest BCUT2D eigenvalue weighted by Gasteiger charge is 2.16. The van der Waals surface area contributed by atoms with E-state index in [4.69, 9.17) is 0 Å². The zero-order chi connectivity index (χ0) is 14.1. The van der Waals surface area contributed by atoms with Gasteiger partial charge in [0.05, 0.1) is 0 Å². The first-order valence-electron chi connectivity index (χ1n) is 6.92. The van der Waals surface area contributed by atoms with Gasteiger partial charge < -0.3 is 15.2 Å². The summed E-state index contributed by atoms with van der Waals surface area (Å²) in [6.07, 6.45) is 0.956. The molecule has 0 radical (unpaired) electrons. The molecule has 0 fully saturated rings. The molecule has 3 rings (SSSR count). The number of nitrogens with one attached hydrogen (secondary N) is 2. The van der Waals surface area contributed by atoms with Crippen LogP contribution in [0.5, 0.6) is 0 Å². The second-order valence-electron chi connectivity index (χ2n) is 5.24. The summed E-state index contributed by atoms with van der Waals surface area (Å²) in [5.41, 5.74) is 5.24. The van der Waals surface area contributed by atoms with Gasteiger partial charge in [-0.3, -0.25) is 4.79 Å². The summed E-state index contributed by atoms with van der Waals surface area (Å²) >= 11 is 0. The fourth-order valence-electron chi connectivity index (χ4n) is 2.68. The van der Waals surface area contributed by atoms with Gasteiger partial charge in [-0.2, -0.15) is 0 Å². The molecule has 2 heterocycles. The minimum Gasteiger partial charge on any atom is -0.344 e. The number of fused-ring (bicyclic) bond motifs is 1. The summed E-state index contributed by atoms with van der Waals surface area (Å²) in [4.78, 5) is 12.4. The SMILES string of the molecule is Cc1ccc(C(=O)Nc2cccc3c2CCNC3)n1C. The molecule has 0 aliphatic carbocycles. The summed E-state index contributed by atoms with van der Waals surface area (Å²) in [6, 6.07) is 9.92. The number of carbonyl (C=O) groups is 1. The Morgan fingerprint density at radius 1 is 1.30 bits per heavy atom. The quantitative estimate of drug-likeness (QED) is 0.878. The van der Waals surface area contributed by atoms with E-state index in [9.17, 15) is 4.79 Å². The van der Waals surface area contributed by atoms with E-state index in [-0.39, 0.29) is 5.91 Å². The fourth-order valence-corrected chi connectivity index (χ4v) is 2.68. The highest BCUT2D eigenvalue weighted by Crippen LogP contribution is 2.23. The van der Waals surface area contributed by atoms with Crippen LogP contribution < -0.4 is 10.6 Å². The summed E-state index contributed by atoms with van der Waals surface area (Å²) in [7, 11) is 1.91. The Labute approximate surface area is 118 Å². The van der Waals surface area contributed by atoms with Crippen LogP contribution in [-0.4, -0.2) is 17.0 Å². The molecule has 0 spiro atoms. The molecule has 104 valence electrons. The molecule has 0 bridgehead atoms. The second-order valence-corrected chi connectivity index (χ2v) is 5.24. The first-order valence-corrected chi connectivity index (χ1v) is 6.92. The van der Waals surface area contributed by atoms with Crippen molar-refractivity contribution in [2.24, 2.45) is 7.05 Å². The number of benzene rings is 1. The molecule has 2 aromatic rings. The standard InChI is InChI=1S/C16H19N3O/c1-11-6-7-15(19(11)2)16(20)18-14-5-3-4-12-10-17-9-8-13(12)14/h3-7,17H,8-10H2,1-2H3,(H,18,20). The van der Waals surface area contributed by atoms with Crippen molar-refractivity contribution >= 4 is 11.6 Å². The summed E-state index contributed by atoms with van der Waals surface area (Å²) in [6.45, 7) is 3.83. The van der Waals surface area contributed by atoms with E-state index in [2.05, 4.69) is 16.7 Å². The molecule has 4 heteroatoms. The molecule has 1 aromatic heterocycles. The first kappa shape index (κ1) is 12.9. The van der Waals surface area contributed by atoms with Crippen LogP contribution in [0.25, 0.3) is 0 Å². The lowest BCUT2D eigenvalue weighted by Gasteiger charge is -2.20. The lowest BCUT2D eigenvalue weighted by Crippen LogP contribution is -2.25. The van der Waals surface area contributed by atoms with Crippen molar-refractivity contribution in [1.29, 1.82) is 0 Å². The Kier molecular flexibility index (Phi) is 3.32. The number of hydrogen-bond donors (Lipinski definition) is 2. The van der Waals surface area contributed by atoms with Crippen LogP contribution in [0.3, 0.4) is 0 Å². The normalized spacial score (nSPS) is 13.9. The third kappa shape index (κ3) is 2.23. The van der Waals surface area contributed by atoms with E-state index >= 15 is 0 Å². The van der Waals surface area contributed by atoms with Crippen molar-refractivity contribution in [1.82, 2.24) is 9.88 Å². The van der Waals surface area contributed by atoms with Crippen molar-refractivity contribution in [2.75, 3.05) is 11.9 Å². The van der Waals surface area contributed by atoms with Gasteiger partial charge in [0, 0.05) is 25.0 Å². The molecular formula is C16H19N3O. The minimum atomic E-state index is -0.0486. The molecule has 4 nitrogen and oxygen atoms in total. The Bertz CT molecular complexity index is 658. The lowest BCUT2D eigenvalue weighted by atomic mass is 9.99. The maximum absolute atomic E-state index is 12.4. The van der Waals surface area contributed by atoms with Crippen LogP contribution >= 0.6 is 0 Å². The topological polar surface area (TPSA) is 46.1 Å². The van der Waals surface area contributed by atoms with Gasteiger partial charge in [0.15, 0.2) is 0 Å². The van der Waals surface area contributed by atoms with E-state index in [1.165, 1.54) is 11.1 Å². The highest BCUT2D eigenvalue weighted by molar-refractivity contribution is 6.03. The number of aromatic nitrogens is 1. The predicted octanol–water partition coefficient (Wildman–Crippen LogP) is 2.23. The molecule has 20 heavy (non-hydrogen) atoms. The first-order chi connectivity index (χ1) is 9.66. The van der Waals surface area contributed by atoms with Crippen LogP contribution in [-0.2, 0) is 20.0 Å². The largest absolute Gasteiger partial charge is 0.344 e. The molecule has 1 aliphatic heterocycles. The molecule has 1 aliphatic rings. The molecule has 0 saturated heterocycles. The van der Waals surface area contributed by atoms with E-state index in [0.717, 1.165) is 30.9 Å². The van der Waals surface area contributed by atoms with Gasteiger partial charge in [-0.25, -0.2) is 0 Å². The second kappa shape index (κ2) is 5.13. The maximum atomic E-state index is 12.4. The van der Waals surface area contributed by atoms with Gasteiger partial charge in [0.25, 0.3) is 5.91 Å². The van der Waals surface area contributed by atoms with Crippen LogP contribution in [0, 0.1) is 6.92 Å². The average Bonchev–Trinajstić information content (AvgIpc) is 2.79. The molecule has 1 aromatic carbocycles. The Morgan fingerprint density at radius 2 is 2.15 bits per heavy atom. The Morgan fingerprint density at radius 3 is 2.90 bits per heavy atom. The number of anilines is 1. The van der Waals surface area contributed by atoms with Crippen molar-refractivity contribution in [3.8, 4) is 0 Å². The van der Waals surface area contributed by atoms with E-state index in [0.29, 0.717) is 5.69 Å². The van der Waals surface area contributed by atoms with Gasteiger partial charge in [-0.1, -0.05) is 12.1 Å². The van der Waals surface area contributed by atoms with Gasteiger partial charge in [-0.15, -0.1) is 0 Å². The number of nitrogens with zero attached hydrogens (tertiary/aromatic N) is 1. The average molecular weight is 269 g/mol. The van der Waals surface area contributed by atoms with Gasteiger partial charge in [-0.05, 0) is 49.2 Å². The number of amides is 1. The summed E-state index contributed by atoms with van der Waals surface area (Å²) in [5.74, 6) is -0.0486. The van der Waals surface area contributed by atoms with Crippen LogP contribution in [0.1, 0.15) is 27.3 Å². The molecule has 0 atom stereocenters. The Hall–Kier alpha value is -2.07. The molecule has 0 saturated carbocycles. The fraction of sp³-hybridized carbons (Fsp3) is 0.312. The van der Waals surface area contributed by atoms with Crippen molar-refractivity contribution in [3.05, 3.63) is 52.8 Å². The number of rotatable bonds is 2. The van der Waals surface area contributed by atoms with Crippen LogP contribution in [0.2, 0.25) is 0 Å². The van der Waals surface area contributed by atoms with E-state index in [1.54, 1.807) is 0 Å². The minimum absolute atomic E-state index is 0.0486. The lowest BCUT2D eigenvalue weighted by molar-refractivity contribution is 0.101. The zero-order valence-corrected chi connectivity index (χ0v) is 11.9. The van der Waals surface area contributed by atoms with Crippen LogP contribution in [0.15, 0.2) is 30.3 Å². The maximum Gasteiger partial charge on any atom is 0.272 e. The van der Waals surface area contributed by atoms with Gasteiger partial charge in [0.1, 0.15) is 5.69 Å². The smallest absolute Gasteiger partial charge is 0.272 e. The third-order valence-electron chi connectivity index (χ3n) is 3.99.